The predicted molar refractivity (Wildman–Crippen MR) is 74.4 cm³/mol. The summed E-state index contributed by atoms with van der Waals surface area (Å²) >= 11 is 0. The molecule has 0 aromatic heterocycles. The number of Topliss-reactive ketones (excluding diaryl/α,β-unsaturated/α-hetero) is 1. The van der Waals surface area contributed by atoms with Gasteiger partial charge in [-0.15, -0.1) is 0 Å². The van der Waals surface area contributed by atoms with Crippen LogP contribution in [0.3, 0.4) is 0 Å². The summed E-state index contributed by atoms with van der Waals surface area (Å²) in [5.41, 5.74) is 0.593. The summed E-state index contributed by atoms with van der Waals surface area (Å²) in [6, 6.07) is 10.4. The summed E-state index contributed by atoms with van der Waals surface area (Å²) in [6.07, 6.45) is -2.23. The van der Waals surface area contributed by atoms with Crippen molar-refractivity contribution >= 4 is 5.78 Å². The topological polar surface area (TPSA) is 85.2 Å². The summed E-state index contributed by atoms with van der Waals surface area (Å²) in [4.78, 5) is 12.4. The van der Waals surface area contributed by atoms with Crippen molar-refractivity contribution in [1.82, 2.24) is 0 Å². The minimum absolute atomic E-state index is 0.0371. The number of aliphatic hydroxyl groups excluding tert-OH is 1. The molecule has 2 unspecified atom stereocenters. The lowest BCUT2D eigenvalue weighted by molar-refractivity contribution is 0.0211. The third kappa shape index (κ3) is 1.74. The fourth-order valence-electron chi connectivity index (χ4n) is 2.71. The van der Waals surface area contributed by atoms with Crippen LogP contribution in [0, 0.1) is 0 Å². The number of hydrogen-bond acceptors (Lipinski definition) is 6. The normalized spacial score (nSPS) is 22.1. The average molecular weight is 300 g/mol. The predicted octanol–water partition coefficient (Wildman–Crippen LogP) is 1.80. The van der Waals surface area contributed by atoms with Crippen LogP contribution in [0.25, 0.3) is 0 Å². The number of hydrogen-bond donors (Lipinski definition) is 2. The van der Waals surface area contributed by atoms with E-state index >= 15 is 0 Å². The Kier molecular flexibility index (Phi) is 2.74. The van der Waals surface area contributed by atoms with E-state index in [1.54, 1.807) is 24.3 Å². The van der Waals surface area contributed by atoms with Gasteiger partial charge >= 0.3 is 0 Å². The molecule has 2 aliphatic rings. The van der Waals surface area contributed by atoms with Gasteiger partial charge in [0.2, 0.25) is 18.3 Å². The van der Waals surface area contributed by atoms with Gasteiger partial charge in [0, 0.05) is 6.07 Å². The van der Waals surface area contributed by atoms with Crippen LogP contribution in [0.15, 0.2) is 36.4 Å². The van der Waals surface area contributed by atoms with Crippen LogP contribution in [0.1, 0.15) is 22.0 Å². The standard InChI is InChI=1S/C16H12O6/c17-12-11-9(6-10-16(13(11)18)21-7-20-10)22-15(14(12)19)8-4-2-1-3-5-8/h1-6,14-15,18-19H,7H2. The van der Waals surface area contributed by atoms with Crippen molar-refractivity contribution in [2.75, 3.05) is 6.79 Å². The number of ether oxygens (including phenoxy) is 3. The van der Waals surface area contributed by atoms with Crippen molar-refractivity contribution in [1.29, 1.82) is 0 Å². The molecular formula is C16H12O6. The first kappa shape index (κ1) is 13.0. The summed E-state index contributed by atoms with van der Waals surface area (Å²) in [5, 5.41) is 20.4. The van der Waals surface area contributed by atoms with Gasteiger partial charge in [-0.3, -0.25) is 4.79 Å². The fourth-order valence-corrected chi connectivity index (χ4v) is 2.71. The molecule has 0 radical (unpaired) electrons. The lowest BCUT2D eigenvalue weighted by atomic mass is 9.92. The van der Waals surface area contributed by atoms with Gasteiger partial charge in [-0.25, -0.2) is 0 Å². The van der Waals surface area contributed by atoms with Gasteiger partial charge in [0.05, 0.1) is 0 Å². The molecule has 0 fully saturated rings. The van der Waals surface area contributed by atoms with Gasteiger partial charge < -0.3 is 24.4 Å². The molecule has 2 heterocycles. The average Bonchev–Trinajstić information content (AvgIpc) is 3.00. The zero-order valence-electron chi connectivity index (χ0n) is 11.4. The number of rotatable bonds is 1. The van der Waals surface area contributed by atoms with Crippen LogP contribution in [0.4, 0.5) is 0 Å². The van der Waals surface area contributed by atoms with Gasteiger partial charge in [-0.2, -0.15) is 0 Å². The van der Waals surface area contributed by atoms with Gasteiger partial charge in [0.1, 0.15) is 11.3 Å². The Balaban J connectivity index is 1.84. The van der Waals surface area contributed by atoms with Crippen LogP contribution in [-0.4, -0.2) is 28.9 Å². The maximum atomic E-state index is 12.4. The molecule has 2 aromatic rings. The van der Waals surface area contributed by atoms with Crippen molar-refractivity contribution < 1.29 is 29.2 Å². The van der Waals surface area contributed by atoms with E-state index in [0.717, 1.165) is 0 Å². The molecule has 112 valence electrons. The number of fused-ring (bicyclic) bond motifs is 2. The molecule has 0 bridgehead atoms. The third-order valence-electron chi connectivity index (χ3n) is 3.79. The largest absolute Gasteiger partial charge is 0.504 e. The second kappa shape index (κ2) is 4.64. The van der Waals surface area contributed by atoms with Crippen LogP contribution in [0.2, 0.25) is 0 Å². The van der Waals surface area contributed by atoms with Crippen LogP contribution < -0.4 is 14.2 Å². The van der Waals surface area contributed by atoms with Crippen LogP contribution >= 0.6 is 0 Å². The first-order chi connectivity index (χ1) is 10.7. The Bertz CT molecular complexity index is 755. The highest BCUT2D eigenvalue weighted by molar-refractivity contribution is 6.06. The molecule has 0 saturated carbocycles. The van der Waals surface area contributed by atoms with E-state index in [9.17, 15) is 15.0 Å². The molecule has 2 aliphatic heterocycles. The van der Waals surface area contributed by atoms with Crippen molar-refractivity contribution in [3.05, 3.63) is 47.5 Å². The number of carbonyl (C=O) groups is 1. The Morgan fingerprint density at radius 1 is 1.09 bits per heavy atom. The number of carbonyl (C=O) groups excluding carboxylic acids is 1. The Labute approximate surface area is 125 Å². The van der Waals surface area contributed by atoms with E-state index in [1.165, 1.54) is 6.07 Å². The zero-order valence-corrected chi connectivity index (χ0v) is 11.4. The molecule has 2 atom stereocenters. The number of phenols is 1. The van der Waals surface area contributed by atoms with Gasteiger partial charge in [-0.1, -0.05) is 30.3 Å². The van der Waals surface area contributed by atoms with E-state index < -0.39 is 18.0 Å². The van der Waals surface area contributed by atoms with E-state index in [1.807, 2.05) is 6.07 Å². The van der Waals surface area contributed by atoms with E-state index in [0.29, 0.717) is 11.3 Å². The Morgan fingerprint density at radius 3 is 2.64 bits per heavy atom. The molecule has 0 aliphatic carbocycles. The Hall–Kier alpha value is -2.73. The maximum absolute atomic E-state index is 12.4. The Morgan fingerprint density at radius 2 is 1.86 bits per heavy atom. The molecule has 0 spiro atoms. The number of benzene rings is 2. The van der Waals surface area contributed by atoms with Crippen LogP contribution in [-0.2, 0) is 0 Å². The fraction of sp³-hybridized carbons (Fsp3) is 0.188. The summed E-state index contributed by atoms with van der Waals surface area (Å²) < 4.78 is 16.1. The summed E-state index contributed by atoms with van der Waals surface area (Å²) in [6.45, 7) is -0.0371. The molecular weight excluding hydrogens is 288 g/mol. The van der Waals surface area contributed by atoms with Crippen molar-refractivity contribution in [2.45, 2.75) is 12.2 Å². The molecule has 2 N–H and O–H groups in total. The van der Waals surface area contributed by atoms with Crippen molar-refractivity contribution in [3.63, 3.8) is 0 Å². The second-order valence-corrected chi connectivity index (χ2v) is 5.09. The first-order valence-corrected chi connectivity index (χ1v) is 6.76. The van der Waals surface area contributed by atoms with Crippen molar-refractivity contribution in [3.8, 4) is 23.0 Å². The SMILES string of the molecule is O=C1c2c(cc3c(c2O)OCO3)OC(c2ccccc2)C1O. The number of ketones is 1. The molecule has 0 saturated heterocycles. The third-order valence-corrected chi connectivity index (χ3v) is 3.79. The van der Waals surface area contributed by atoms with Crippen LogP contribution in [0.5, 0.6) is 23.0 Å². The monoisotopic (exact) mass is 300 g/mol. The molecule has 6 nitrogen and oxygen atoms in total. The number of aromatic hydroxyl groups is 1. The molecule has 0 amide bonds. The quantitative estimate of drug-likeness (QED) is 0.835. The lowest BCUT2D eigenvalue weighted by Gasteiger charge is -2.30. The van der Waals surface area contributed by atoms with E-state index in [2.05, 4.69) is 0 Å². The minimum Gasteiger partial charge on any atom is -0.504 e. The summed E-state index contributed by atoms with van der Waals surface area (Å²) in [5.74, 6) is -0.384. The lowest BCUT2D eigenvalue weighted by Crippen LogP contribution is -2.36. The highest BCUT2D eigenvalue weighted by Gasteiger charge is 2.41. The molecule has 6 heteroatoms. The molecule has 2 aromatic carbocycles. The van der Waals surface area contributed by atoms with Gasteiger partial charge in [-0.05, 0) is 5.56 Å². The highest BCUT2D eigenvalue weighted by Crippen LogP contribution is 2.50. The van der Waals surface area contributed by atoms with E-state index in [-0.39, 0.29) is 29.6 Å². The van der Waals surface area contributed by atoms with E-state index in [4.69, 9.17) is 14.2 Å². The summed E-state index contributed by atoms with van der Waals surface area (Å²) in [7, 11) is 0. The van der Waals surface area contributed by atoms with Gasteiger partial charge in [0.25, 0.3) is 0 Å². The first-order valence-electron chi connectivity index (χ1n) is 6.76. The maximum Gasteiger partial charge on any atom is 0.231 e. The highest BCUT2D eigenvalue weighted by atomic mass is 16.7. The molecule has 22 heavy (non-hydrogen) atoms. The number of aliphatic hydroxyl groups is 1. The second-order valence-electron chi connectivity index (χ2n) is 5.09. The van der Waals surface area contributed by atoms with Gasteiger partial charge in [0.15, 0.2) is 23.7 Å². The van der Waals surface area contributed by atoms with Crippen molar-refractivity contribution in [2.24, 2.45) is 0 Å². The number of phenolic OH excluding ortho intramolecular Hbond substituents is 1. The minimum atomic E-state index is -1.40. The smallest absolute Gasteiger partial charge is 0.231 e. The molecule has 4 rings (SSSR count). The zero-order chi connectivity index (χ0) is 15.3.